The third-order valence-corrected chi connectivity index (χ3v) is 4.89. The molecule has 0 spiro atoms. The van der Waals surface area contributed by atoms with Crippen LogP contribution in [-0.4, -0.2) is 35.6 Å². The number of benzene rings is 2. The number of aromatic amines is 1. The van der Waals surface area contributed by atoms with Gasteiger partial charge in [-0.05, 0) is 35.7 Å². The van der Waals surface area contributed by atoms with Gasteiger partial charge in [-0.25, -0.2) is 9.37 Å². The molecule has 0 aliphatic carbocycles. The van der Waals surface area contributed by atoms with Crippen LogP contribution in [0.4, 0.5) is 4.39 Å². The number of hydrogen-bond donors (Lipinski definition) is 1. The highest BCUT2D eigenvalue weighted by Gasteiger charge is 2.18. The number of halogens is 1. The van der Waals surface area contributed by atoms with E-state index in [-0.39, 0.29) is 11.4 Å². The molecule has 0 bridgehead atoms. The number of H-pyrrole nitrogens is 1. The minimum Gasteiger partial charge on any atom is -0.493 e. The normalized spacial score (nSPS) is 14.2. The van der Waals surface area contributed by atoms with Gasteiger partial charge in [0.2, 0.25) is 0 Å². The summed E-state index contributed by atoms with van der Waals surface area (Å²) in [6, 6.07) is 8.25. The molecule has 140 valence electrons. The fourth-order valence-electron chi connectivity index (χ4n) is 3.52. The van der Waals surface area contributed by atoms with Crippen LogP contribution in [0.2, 0.25) is 0 Å². The molecule has 0 atom stereocenters. The van der Waals surface area contributed by atoms with Crippen molar-refractivity contribution in [3.63, 3.8) is 0 Å². The Morgan fingerprint density at radius 3 is 2.70 bits per heavy atom. The summed E-state index contributed by atoms with van der Waals surface area (Å²) in [6.07, 6.45) is 0.846. The summed E-state index contributed by atoms with van der Waals surface area (Å²) in [5.74, 6) is 1.35. The summed E-state index contributed by atoms with van der Waals surface area (Å²) in [5.41, 5.74) is 2.48. The summed E-state index contributed by atoms with van der Waals surface area (Å²) in [5, 5.41) is 0.447. The van der Waals surface area contributed by atoms with Crippen molar-refractivity contribution in [1.29, 1.82) is 0 Å². The van der Waals surface area contributed by atoms with Crippen LogP contribution in [0.15, 0.2) is 35.1 Å². The van der Waals surface area contributed by atoms with Gasteiger partial charge in [-0.2, -0.15) is 0 Å². The van der Waals surface area contributed by atoms with Gasteiger partial charge in [-0.3, -0.25) is 9.69 Å². The van der Waals surface area contributed by atoms with E-state index < -0.39 is 0 Å². The molecule has 0 saturated carbocycles. The number of rotatable bonds is 4. The average molecular weight is 369 g/mol. The van der Waals surface area contributed by atoms with Crippen molar-refractivity contribution in [1.82, 2.24) is 14.9 Å². The van der Waals surface area contributed by atoms with Gasteiger partial charge < -0.3 is 14.5 Å². The summed E-state index contributed by atoms with van der Waals surface area (Å²) in [4.78, 5) is 22.1. The molecule has 3 aromatic rings. The lowest BCUT2D eigenvalue weighted by atomic mass is 10.00. The summed E-state index contributed by atoms with van der Waals surface area (Å²) < 4.78 is 24.1. The first kappa shape index (κ1) is 17.5. The van der Waals surface area contributed by atoms with Crippen LogP contribution in [-0.2, 0) is 19.5 Å². The van der Waals surface area contributed by atoms with Crippen LogP contribution in [0.5, 0.6) is 11.5 Å². The second-order valence-electron chi connectivity index (χ2n) is 6.61. The van der Waals surface area contributed by atoms with Crippen molar-refractivity contribution in [3.05, 3.63) is 63.5 Å². The highest BCUT2D eigenvalue weighted by Crippen LogP contribution is 2.30. The largest absolute Gasteiger partial charge is 0.493 e. The standard InChI is InChI=1S/C20H20FN3O3/c1-26-17-8-15-16(9-18(17)27-2)22-19(23-20(15)25)11-24-6-5-12-3-4-14(21)7-13(12)10-24/h3-4,7-9H,5-6,10-11H2,1-2H3,(H,22,23,25). The van der Waals surface area contributed by atoms with Crippen LogP contribution in [0.3, 0.4) is 0 Å². The molecule has 0 radical (unpaired) electrons. The molecule has 0 unspecified atom stereocenters. The molecule has 1 aliphatic heterocycles. The SMILES string of the molecule is COc1cc2nc(CN3CCc4ccc(F)cc4C3)[nH]c(=O)c2cc1OC. The van der Waals surface area contributed by atoms with E-state index in [0.717, 1.165) is 18.5 Å². The Morgan fingerprint density at radius 2 is 1.93 bits per heavy atom. The van der Waals surface area contributed by atoms with E-state index in [1.807, 2.05) is 6.07 Å². The predicted molar refractivity (Wildman–Crippen MR) is 99.7 cm³/mol. The number of nitrogens with one attached hydrogen (secondary N) is 1. The van der Waals surface area contributed by atoms with Gasteiger partial charge in [0.05, 0.1) is 31.7 Å². The molecule has 4 rings (SSSR count). The lowest BCUT2D eigenvalue weighted by Crippen LogP contribution is -2.31. The molecule has 1 N–H and O–H groups in total. The molecule has 1 aliphatic rings. The monoisotopic (exact) mass is 369 g/mol. The fraction of sp³-hybridized carbons (Fsp3) is 0.300. The zero-order chi connectivity index (χ0) is 19.0. The van der Waals surface area contributed by atoms with Gasteiger partial charge >= 0.3 is 0 Å². The maximum absolute atomic E-state index is 13.5. The van der Waals surface area contributed by atoms with E-state index >= 15 is 0 Å². The molecule has 0 saturated heterocycles. The van der Waals surface area contributed by atoms with E-state index in [2.05, 4.69) is 14.9 Å². The van der Waals surface area contributed by atoms with Crippen LogP contribution >= 0.6 is 0 Å². The topological polar surface area (TPSA) is 67.5 Å². The van der Waals surface area contributed by atoms with Crippen molar-refractivity contribution >= 4 is 10.9 Å². The van der Waals surface area contributed by atoms with Crippen molar-refractivity contribution in [3.8, 4) is 11.5 Å². The Balaban J connectivity index is 1.64. The molecule has 2 heterocycles. The maximum Gasteiger partial charge on any atom is 0.258 e. The average Bonchev–Trinajstić information content (AvgIpc) is 2.66. The van der Waals surface area contributed by atoms with Gasteiger partial charge in [0.1, 0.15) is 11.6 Å². The van der Waals surface area contributed by atoms with Crippen molar-refractivity contribution in [2.45, 2.75) is 19.5 Å². The number of methoxy groups -OCH3 is 2. The van der Waals surface area contributed by atoms with Crippen LogP contribution < -0.4 is 15.0 Å². The van der Waals surface area contributed by atoms with Gasteiger partial charge in [0.15, 0.2) is 11.5 Å². The first-order chi connectivity index (χ1) is 13.1. The number of fused-ring (bicyclic) bond motifs is 2. The minimum atomic E-state index is -0.228. The predicted octanol–water partition coefficient (Wildman–Crippen LogP) is 2.64. The Bertz CT molecular complexity index is 1060. The maximum atomic E-state index is 13.5. The second kappa shape index (κ2) is 7.00. The zero-order valence-corrected chi connectivity index (χ0v) is 15.2. The Hall–Kier alpha value is -2.93. The lowest BCUT2D eigenvalue weighted by molar-refractivity contribution is 0.239. The minimum absolute atomic E-state index is 0.223. The molecular weight excluding hydrogens is 349 g/mol. The molecular formula is C20H20FN3O3. The molecule has 0 amide bonds. The van der Waals surface area contributed by atoms with Gasteiger partial charge in [0, 0.05) is 19.2 Å². The van der Waals surface area contributed by atoms with Gasteiger partial charge in [0.25, 0.3) is 5.56 Å². The summed E-state index contributed by atoms with van der Waals surface area (Å²) in [6.45, 7) is 1.93. The number of aromatic nitrogens is 2. The fourth-order valence-corrected chi connectivity index (χ4v) is 3.52. The van der Waals surface area contributed by atoms with Crippen LogP contribution in [0, 0.1) is 5.82 Å². The quantitative estimate of drug-likeness (QED) is 0.766. The zero-order valence-electron chi connectivity index (χ0n) is 15.2. The Labute approximate surface area is 155 Å². The van der Waals surface area contributed by atoms with Gasteiger partial charge in [-0.15, -0.1) is 0 Å². The van der Waals surface area contributed by atoms with E-state index in [0.29, 0.717) is 41.3 Å². The van der Waals surface area contributed by atoms with E-state index in [9.17, 15) is 9.18 Å². The molecule has 0 fully saturated rings. The van der Waals surface area contributed by atoms with Crippen molar-refractivity contribution < 1.29 is 13.9 Å². The van der Waals surface area contributed by atoms with Crippen LogP contribution in [0.1, 0.15) is 17.0 Å². The first-order valence-corrected chi connectivity index (χ1v) is 8.72. The number of hydrogen-bond acceptors (Lipinski definition) is 5. The molecule has 6 nitrogen and oxygen atoms in total. The highest BCUT2D eigenvalue weighted by molar-refractivity contribution is 5.81. The number of nitrogens with zero attached hydrogens (tertiary/aromatic N) is 2. The molecule has 7 heteroatoms. The van der Waals surface area contributed by atoms with Gasteiger partial charge in [-0.1, -0.05) is 6.07 Å². The molecule has 2 aromatic carbocycles. The van der Waals surface area contributed by atoms with E-state index in [4.69, 9.17) is 9.47 Å². The second-order valence-corrected chi connectivity index (χ2v) is 6.61. The van der Waals surface area contributed by atoms with Crippen LogP contribution in [0.25, 0.3) is 10.9 Å². The smallest absolute Gasteiger partial charge is 0.258 e. The summed E-state index contributed by atoms with van der Waals surface area (Å²) >= 11 is 0. The lowest BCUT2D eigenvalue weighted by Gasteiger charge is -2.28. The number of ether oxygens (including phenoxy) is 2. The molecule has 1 aromatic heterocycles. The highest BCUT2D eigenvalue weighted by atomic mass is 19.1. The van der Waals surface area contributed by atoms with Crippen molar-refractivity contribution in [2.24, 2.45) is 0 Å². The van der Waals surface area contributed by atoms with E-state index in [1.54, 1.807) is 25.3 Å². The Kier molecular flexibility index (Phi) is 4.53. The molecule has 27 heavy (non-hydrogen) atoms. The first-order valence-electron chi connectivity index (χ1n) is 8.72. The Morgan fingerprint density at radius 1 is 1.15 bits per heavy atom. The van der Waals surface area contributed by atoms with Crippen molar-refractivity contribution in [2.75, 3.05) is 20.8 Å². The third-order valence-electron chi connectivity index (χ3n) is 4.89. The van der Waals surface area contributed by atoms with E-state index in [1.165, 1.54) is 18.7 Å². The summed E-state index contributed by atoms with van der Waals surface area (Å²) in [7, 11) is 3.07. The third kappa shape index (κ3) is 3.38.